The van der Waals surface area contributed by atoms with E-state index in [-0.39, 0.29) is 12.5 Å². The summed E-state index contributed by atoms with van der Waals surface area (Å²) in [7, 11) is 5.58. The molecule has 0 aliphatic carbocycles. The molecule has 1 aromatic carbocycles. The van der Waals surface area contributed by atoms with Gasteiger partial charge in [0.05, 0.1) is 25.8 Å². The van der Waals surface area contributed by atoms with Gasteiger partial charge in [0.1, 0.15) is 0 Å². The number of anilines is 1. The van der Waals surface area contributed by atoms with Crippen LogP contribution in [-0.2, 0) is 24.3 Å². The van der Waals surface area contributed by atoms with E-state index in [4.69, 9.17) is 7.85 Å². The molecule has 0 saturated heterocycles. The number of hydrogen-bond acceptors (Lipinski definition) is 4. The van der Waals surface area contributed by atoms with Crippen molar-refractivity contribution < 1.29 is 4.79 Å². The molecule has 0 unspecified atom stereocenters. The van der Waals surface area contributed by atoms with Gasteiger partial charge >= 0.3 is 0 Å². The van der Waals surface area contributed by atoms with Gasteiger partial charge in [0.2, 0.25) is 5.91 Å². The maximum absolute atomic E-state index is 12.6. The molecule has 3 rings (SSSR count). The van der Waals surface area contributed by atoms with Crippen LogP contribution in [0.3, 0.4) is 0 Å². The largest absolute Gasteiger partial charge is 0.325 e. The van der Waals surface area contributed by atoms with Crippen LogP contribution in [-0.4, -0.2) is 35.2 Å². The summed E-state index contributed by atoms with van der Waals surface area (Å²) in [5, 5.41) is 2.96. The molecule has 2 radical (unpaired) electrons. The van der Waals surface area contributed by atoms with E-state index in [1.54, 1.807) is 12.4 Å². The highest BCUT2D eigenvalue weighted by atomic mass is 16.2. The SMILES string of the molecule is [B]CCc1ccc(NC(=O)CN(Cc2ccccn2)Cc2ccccn2)cc1. The van der Waals surface area contributed by atoms with Crippen LogP contribution in [0.2, 0.25) is 6.32 Å². The third-order valence-electron chi connectivity index (χ3n) is 4.26. The molecule has 0 bridgehead atoms. The van der Waals surface area contributed by atoms with E-state index >= 15 is 0 Å². The van der Waals surface area contributed by atoms with Crippen molar-refractivity contribution in [2.75, 3.05) is 11.9 Å². The van der Waals surface area contributed by atoms with Crippen LogP contribution in [0.15, 0.2) is 73.1 Å². The van der Waals surface area contributed by atoms with Gasteiger partial charge in [-0.1, -0.05) is 30.6 Å². The molecule has 0 aliphatic rings. The molecule has 0 atom stereocenters. The highest BCUT2D eigenvalue weighted by Crippen LogP contribution is 2.12. The van der Waals surface area contributed by atoms with Crippen molar-refractivity contribution in [3.63, 3.8) is 0 Å². The van der Waals surface area contributed by atoms with Crippen molar-refractivity contribution in [1.82, 2.24) is 14.9 Å². The lowest BCUT2D eigenvalue weighted by Crippen LogP contribution is -2.33. The Balaban J connectivity index is 1.64. The fourth-order valence-corrected chi connectivity index (χ4v) is 2.93. The summed E-state index contributed by atoms with van der Waals surface area (Å²) in [5.74, 6) is -0.0709. The van der Waals surface area contributed by atoms with Crippen molar-refractivity contribution in [2.45, 2.75) is 25.8 Å². The standard InChI is InChI=1S/C22H23BN4O/c23-12-11-18-7-9-19(10-8-18)26-22(28)17-27(15-20-5-1-3-13-24-20)16-21-6-2-4-14-25-21/h1-10,13-14H,11-12,15-17H2,(H,26,28). The van der Waals surface area contributed by atoms with Crippen LogP contribution >= 0.6 is 0 Å². The average molecular weight is 370 g/mol. The second-order valence-electron chi connectivity index (χ2n) is 6.57. The Bertz CT molecular complexity index is 815. The first-order chi connectivity index (χ1) is 13.7. The molecule has 0 spiro atoms. The monoisotopic (exact) mass is 370 g/mol. The molecule has 6 heteroatoms. The molecular formula is C22H23BN4O. The number of carbonyl (C=O) groups is 1. The highest BCUT2D eigenvalue weighted by Gasteiger charge is 2.13. The van der Waals surface area contributed by atoms with Crippen molar-refractivity contribution in [1.29, 1.82) is 0 Å². The van der Waals surface area contributed by atoms with Crippen LogP contribution in [0.1, 0.15) is 17.0 Å². The zero-order chi connectivity index (χ0) is 19.6. The molecule has 1 amide bonds. The Morgan fingerprint density at radius 1 is 0.893 bits per heavy atom. The zero-order valence-electron chi connectivity index (χ0n) is 15.8. The molecule has 0 aliphatic heterocycles. The molecule has 1 N–H and O–H groups in total. The average Bonchev–Trinajstić information content (AvgIpc) is 2.71. The molecule has 5 nitrogen and oxygen atoms in total. The first-order valence-corrected chi connectivity index (χ1v) is 9.34. The van der Waals surface area contributed by atoms with Crippen LogP contribution in [0.4, 0.5) is 5.69 Å². The second kappa shape index (κ2) is 10.4. The number of benzene rings is 1. The predicted octanol–water partition coefficient (Wildman–Crippen LogP) is 3.25. The summed E-state index contributed by atoms with van der Waals surface area (Å²) in [5.41, 5.74) is 3.77. The lowest BCUT2D eigenvalue weighted by Gasteiger charge is -2.21. The molecule has 3 aromatic rings. The number of aromatic nitrogens is 2. The lowest BCUT2D eigenvalue weighted by molar-refractivity contribution is -0.117. The predicted molar refractivity (Wildman–Crippen MR) is 112 cm³/mol. The first-order valence-electron chi connectivity index (χ1n) is 9.34. The number of amides is 1. The number of carbonyl (C=O) groups excluding carboxylic acids is 1. The summed E-state index contributed by atoms with van der Waals surface area (Å²) < 4.78 is 0. The normalized spacial score (nSPS) is 10.8. The number of nitrogens with one attached hydrogen (secondary N) is 1. The third kappa shape index (κ3) is 6.32. The van der Waals surface area contributed by atoms with Gasteiger partial charge in [0.25, 0.3) is 0 Å². The fraction of sp³-hybridized carbons (Fsp3) is 0.227. The molecule has 2 heterocycles. The summed E-state index contributed by atoms with van der Waals surface area (Å²) in [6.45, 7) is 1.39. The van der Waals surface area contributed by atoms with Gasteiger partial charge in [-0.3, -0.25) is 19.7 Å². The van der Waals surface area contributed by atoms with Gasteiger partial charge in [-0.2, -0.15) is 0 Å². The highest BCUT2D eigenvalue weighted by molar-refractivity contribution is 6.08. The van der Waals surface area contributed by atoms with Crippen molar-refractivity contribution in [3.05, 3.63) is 90.0 Å². The molecule has 140 valence electrons. The molecule has 28 heavy (non-hydrogen) atoms. The van der Waals surface area contributed by atoms with Gasteiger partial charge in [-0.25, -0.2) is 0 Å². The van der Waals surface area contributed by atoms with E-state index in [1.807, 2.05) is 65.6 Å². The van der Waals surface area contributed by atoms with Gasteiger partial charge in [0.15, 0.2) is 0 Å². The topological polar surface area (TPSA) is 58.1 Å². The summed E-state index contributed by atoms with van der Waals surface area (Å²) >= 11 is 0. The van der Waals surface area contributed by atoms with Crippen molar-refractivity contribution in [2.24, 2.45) is 0 Å². The Hall–Kier alpha value is -2.99. The maximum atomic E-state index is 12.6. The smallest absolute Gasteiger partial charge is 0.238 e. The first kappa shape index (κ1) is 19.8. The van der Waals surface area contributed by atoms with E-state index in [2.05, 4.69) is 15.3 Å². The number of rotatable bonds is 9. The fourth-order valence-electron chi connectivity index (χ4n) is 2.93. The number of aryl methyl sites for hydroxylation is 1. The summed E-state index contributed by atoms with van der Waals surface area (Å²) in [6.07, 6.45) is 4.96. The van der Waals surface area contributed by atoms with E-state index in [0.717, 1.165) is 29.1 Å². The Morgan fingerprint density at radius 3 is 2.00 bits per heavy atom. The van der Waals surface area contributed by atoms with Gasteiger partial charge in [-0.05, 0) is 48.4 Å². The number of pyridine rings is 2. The van der Waals surface area contributed by atoms with Crippen LogP contribution in [0.5, 0.6) is 0 Å². The van der Waals surface area contributed by atoms with E-state index in [9.17, 15) is 4.79 Å². The Kier molecular flexibility index (Phi) is 7.32. The van der Waals surface area contributed by atoms with E-state index < -0.39 is 0 Å². The summed E-state index contributed by atoms with van der Waals surface area (Å²) in [6, 6.07) is 19.4. The lowest BCUT2D eigenvalue weighted by atomic mass is 9.97. The minimum Gasteiger partial charge on any atom is -0.325 e. The van der Waals surface area contributed by atoms with Crippen LogP contribution in [0.25, 0.3) is 0 Å². The zero-order valence-corrected chi connectivity index (χ0v) is 15.8. The van der Waals surface area contributed by atoms with Crippen LogP contribution in [0, 0.1) is 0 Å². The third-order valence-corrected chi connectivity index (χ3v) is 4.26. The van der Waals surface area contributed by atoms with Crippen LogP contribution < -0.4 is 5.32 Å². The molecule has 0 fully saturated rings. The quantitative estimate of drug-likeness (QED) is 0.588. The van der Waals surface area contributed by atoms with Crippen molar-refractivity contribution in [3.8, 4) is 0 Å². The molecular weight excluding hydrogens is 347 g/mol. The Labute approximate surface area is 167 Å². The summed E-state index contributed by atoms with van der Waals surface area (Å²) in [4.78, 5) is 23.4. The Morgan fingerprint density at radius 2 is 1.50 bits per heavy atom. The second-order valence-corrected chi connectivity index (χ2v) is 6.57. The minimum absolute atomic E-state index is 0.0709. The van der Waals surface area contributed by atoms with E-state index in [0.29, 0.717) is 19.4 Å². The van der Waals surface area contributed by atoms with Gasteiger partial charge in [-0.15, -0.1) is 0 Å². The number of nitrogens with zero attached hydrogens (tertiary/aromatic N) is 3. The molecule has 0 saturated carbocycles. The van der Waals surface area contributed by atoms with E-state index in [1.165, 1.54) is 0 Å². The minimum atomic E-state index is -0.0709. The van der Waals surface area contributed by atoms with Gasteiger partial charge in [0, 0.05) is 31.2 Å². The maximum Gasteiger partial charge on any atom is 0.238 e. The molecule has 2 aromatic heterocycles. The van der Waals surface area contributed by atoms with Crippen molar-refractivity contribution >= 4 is 19.4 Å². The number of hydrogen-bond donors (Lipinski definition) is 1. The van der Waals surface area contributed by atoms with Gasteiger partial charge < -0.3 is 5.32 Å².